The molecule has 0 radical (unpaired) electrons. The van der Waals surface area contributed by atoms with Gasteiger partial charge in [-0.3, -0.25) is 4.68 Å². The Morgan fingerprint density at radius 2 is 2.16 bits per heavy atom. The Hall–Kier alpha value is -0.870. The zero-order valence-corrected chi connectivity index (χ0v) is 12.1. The molecule has 1 fully saturated rings. The lowest BCUT2D eigenvalue weighted by Crippen LogP contribution is -2.29. The van der Waals surface area contributed by atoms with Gasteiger partial charge in [0.15, 0.2) is 0 Å². The number of rotatable bonds is 6. The molecule has 1 aromatic heterocycles. The Balaban J connectivity index is 1.92. The van der Waals surface area contributed by atoms with Crippen molar-refractivity contribution in [1.29, 1.82) is 0 Å². The van der Waals surface area contributed by atoms with Gasteiger partial charge in [-0.1, -0.05) is 19.3 Å². The van der Waals surface area contributed by atoms with Crippen LogP contribution in [0.3, 0.4) is 0 Å². The van der Waals surface area contributed by atoms with Gasteiger partial charge < -0.3 is 9.84 Å². The lowest BCUT2D eigenvalue weighted by Gasteiger charge is -2.23. The molecule has 19 heavy (non-hydrogen) atoms. The molecule has 4 heteroatoms. The van der Waals surface area contributed by atoms with Crippen LogP contribution >= 0.6 is 0 Å². The quantitative estimate of drug-likeness (QED) is 0.861. The van der Waals surface area contributed by atoms with Crippen LogP contribution in [0.5, 0.6) is 0 Å². The number of aromatic nitrogens is 2. The summed E-state index contributed by atoms with van der Waals surface area (Å²) in [5, 5.41) is 14.9. The van der Waals surface area contributed by atoms with Gasteiger partial charge in [0.1, 0.15) is 0 Å². The minimum absolute atomic E-state index is 0.562. The Labute approximate surface area is 115 Å². The molecule has 1 aliphatic carbocycles. The number of hydrogen-bond donors (Lipinski definition) is 1. The van der Waals surface area contributed by atoms with Gasteiger partial charge in [0.25, 0.3) is 0 Å². The second kappa shape index (κ2) is 6.53. The highest BCUT2D eigenvalue weighted by molar-refractivity contribution is 5.04. The first-order chi connectivity index (χ1) is 9.11. The highest BCUT2D eigenvalue weighted by atomic mass is 16.5. The lowest BCUT2D eigenvalue weighted by atomic mass is 9.96. The van der Waals surface area contributed by atoms with Crippen LogP contribution < -0.4 is 0 Å². The first kappa shape index (κ1) is 14.5. The summed E-state index contributed by atoms with van der Waals surface area (Å²) < 4.78 is 7.13. The fourth-order valence-electron chi connectivity index (χ4n) is 2.82. The summed E-state index contributed by atoms with van der Waals surface area (Å²) in [6, 6.07) is 2.60. The van der Waals surface area contributed by atoms with E-state index in [0.717, 1.165) is 5.69 Å². The number of ether oxygens (including phenoxy) is 1. The maximum absolute atomic E-state index is 10.3. The van der Waals surface area contributed by atoms with Crippen LogP contribution in [0.25, 0.3) is 0 Å². The van der Waals surface area contributed by atoms with Crippen LogP contribution in [-0.2, 0) is 11.2 Å². The van der Waals surface area contributed by atoms with Gasteiger partial charge in [0.05, 0.1) is 17.3 Å². The molecule has 0 spiro atoms. The van der Waals surface area contributed by atoms with E-state index in [-0.39, 0.29) is 0 Å². The SMILES string of the molecule is COCCC(C)(O)Cc1ccn(C2CCCCC2)n1. The molecule has 1 saturated carbocycles. The van der Waals surface area contributed by atoms with Crippen molar-refractivity contribution in [3.8, 4) is 0 Å². The molecule has 1 heterocycles. The smallest absolute Gasteiger partial charge is 0.0697 e. The van der Waals surface area contributed by atoms with Gasteiger partial charge in [0, 0.05) is 26.3 Å². The van der Waals surface area contributed by atoms with Crippen molar-refractivity contribution in [1.82, 2.24) is 9.78 Å². The highest BCUT2D eigenvalue weighted by Gasteiger charge is 2.23. The van der Waals surface area contributed by atoms with E-state index in [1.54, 1.807) is 7.11 Å². The zero-order chi connectivity index (χ0) is 13.7. The summed E-state index contributed by atoms with van der Waals surface area (Å²) in [7, 11) is 1.66. The standard InChI is InChI=1S/C15H26N2O2/c1-15(18,9-11-19-2)12-13-8-10-17(16-13)14-6-4-3-5-7-14/h8,10,14,18H,3-7,9,11-12H2,1-2H3. The Morgan fingerprint density at radius 1 is 1.42 bits per heavy atom. The minimum atomic E-state index is -0.734. The molecule has 108 valence electrons. The van der Waals surface area contributed by atoms with Crippen LogP contribution in [0.4, 0.5) is 0 Å². The summed E-state index contributed by atoms with van der Waals surface area (Å²) in [5.41, 5.74) is 0.244. The first-order valence-corrected chi connectivity index (χ1v) is 7.36. The number of hydrogen-bond acceptors (Lipinski definition) is 3. The van der Waals surface area contributed by atoms with Gasteiger partial charge in [-0.25, -0.2) is 0 Å². The average Bonchev–Trinajstić information content (AvgIpc) is 2.85. The Kier molecular flexibility index (Phi) is 4.99. The van der Waals surface area contributed by atoms with Crippen LogP contribution in [-0.4, -0.2) is 34.2 Å². The van der Waals surface area contributed by atoms with E-state index < -0.39 is 5.60 Å². The van der Waals surface area contributed by atoms with Crippen LogP contribution in [0.2, 0.25) is 0 Å². The number of nitrogens with zero attached hydrogens (tertiary/aromatic N) is 2. The molecular formula is C15H26N2O2. The molecule has 4 nitrogen and oxygen atoms in total. The summed E-state index contributed by atoms with van der Waals surface area (Å²) in [4.78, 5) is 0. The average molecular weight is 266 g/mol. The summed E-state index contributed by atoms with van der Waals surface area (Å²) >= 11 is 0. The molecule has 0 aromatic carbocycles. The van der Waals surface area contributed by atoms with Crippen molar-refractivity contribution < 1.29 is 9.84 Å². The van der Waals surface area contributed by atoms with Crippen molar-refractivity contribution in [2.45, 2.75) is 63.5 Å². The molecular weight excluding hydrogens is 240 g/mol. The number of aliphatic hydroxyl groups is 1. The third kappa shape index (κ3) is 4.32. The van der Waals surface area contributed by atoms with Crippen molar-refractivity contribution in [2.75, 3.05) is 13.7 Å². The molecule has 0 amide bonds. The maximum Gasteiger partial charge on any atom is 0.0697 e. The zero-order valence-electron chi connectivity index (χ0n) is 12.1. The fraction of sp³-hybridized carbons (Fsp3) is 0.800. The predicted molar refractivity (Wildman–Crippen MR) is 75.2 cm³/mol. The first-order valence-electron chi connectivity index (χ1n) is 7.36. The van der Waals surface area contributed by atoms with E-state index >= 15 is 0 Å². The van der Waals surface area contributed by atoms with Crippen molar-refractivity contribution in [3.63, 3.8) is 0 Å². The summed E-state index contributed by atoms with van der Waals surface area (Å²) in [6.45, 7) is 2.43. The van der Waals surface area contributed by atoms with Crippen LogP contribution in [0.15, 0.2) is 12.3 Å². The van der Waals surface area contributed by atoms with Gasteiger partial charge in [0.2, 0.25) is 0 Å². The molecule has 1 unspecified atom stereocenters. The van der Waals surface area contributed by atoms with Gasteiger partial charge in [-0.2, -0.15) is 5.10 Å². The van der Waals surface area contributed by atoms with Crippen molar-refractivity contribution in [2.24, 2.45) is 0 Å². The molecule has 0 saturated heterocycles. The minimum Gasteiger partial charge on any atom is -0.390 e. The summed E-state index contributed by atoms with van der Waals surface area (Å²) in [6.07, 6.45) is 9.75. The van der Waals surface area contributed by atoms with E-state index in [4.69, 9.17) is 4.74 Å². The third-order valence-electron chi connectivity index (χ3n) is 4.02. The largest absolute Gasteiger partial charge is 0.390 e. The Bertz CT molecular complexity index is 381. The molecule has 1 atom stereocenters. The normalized spacial score (nSPS) is 20.4. The second-order valence-electron chi connectivity index (χ2n) is 6.00. The van der Waals surface area contributed by atoms with E-state index in [9.17, 15) is 5.11 Å². The second-order valence-corrected chi connectivity index (χ2v) is 6.00. The molecule has 0 aliphatic heterocycles. The number of methoxy groups -OCH3 is 1. The third-order valence-corrected chi connectivity index (χ3v) is 4.02. The molecule has 1 aliphatic rings. The van der Waals surface area contributed by atoms with E-state index in [1.165, 1.54) is 32.1 Å². The Morgan fingerprint density at radius 3 is 2.84 bits per heavy atom. The van der Waals surface area contributed by atoms with Gasteiger partial charge >= 0.3 is 0 Å². The van der Waals surface area contributed by atoms with Gasteiger partial charge in [-0.15, -0.1) is 0 Å². The topological polar surface area (TPSA) is 47.3 Å². The van der Waals surface area contributed by atoms with Crippen molar-refractivity contribution in [3.05, 3.63) is 18.0 Å². The highest BCUT2D eigenvalue weighted by Crippen LogP contribution is 2.27. The maximum atomic E-state index is 10.3. The molecule has 1 aromatic rings. The van der Waals surface area contributed by atoms with Crippen LogP contribution in [0.1, 0.15) is 57.2 Å². The monoisotopic (exact) mass is 266 g/mol. The fourth-order valence-corrected chi connectivity index (χ4v) is 2.82. The molecule has 0 bridgehead atoms. The van der Waals surface area contributed by atoms with E-state index in [2.05, 4.69) is 16.0 Å². The van der Waals surface area contributed by atoms with Crippen LogP contribution in [0, 0.1) is 0 Å². The van der Waals surface area contributed by atoms with E-state index in [1.807, 2.05) is 13.0 Å². The van der Waals surface area contributed by atoms with E-state index in [0.29, 0.717) is 25.5 Å². The van der Waals surface area contributed by atoms with Gasteiger partial charge in [-0.05, 0) is 32.3 Å². The molecule has 1 N–H and O–H groups in total. The molecule has 2 rings (SSSR count). The lowest BCUT2D eigenvalue weighted by molar-refractivity contribution is 0.0240. The predicted octanol–water partition coefficient (Wildman–Crippen LogP) is 2.72. The van der Waals surface area contributed by atoms with Crippen molar-refractivity contribution >= 4 is 0 Å². The summed E-state index contributed by atoms with van der Waals surface area (Å²) in [5.74, 6) is 0.